The highest BCUT2D eigenvalue weighted by molar-refractivity contribution is 5.02. The van der Waals surface area contributed by atoms with Gasteiger partial charge in [0.2, 0.25) is 0 Å². The predicted molar refractivity (Wildman–Crippen MR) is 85.2 cm³/mol. The largest absolute Gasteiger partial charge is 0.388 e. The summed E-state index contributed by atoms with van der Waals surface area (Å²) < 4.78 is 11.5. The summed E-state index contributed by atoms with van der Waals surface area (Å²) in [6, 6.07) is 0. The lowest BCUT2D eigenvalue weighted by Crippen LogP contribution is -2.43. The van der Waals surface area contributed by atoms with Crippen LogP contribution in [0.5, 0.6) is 0 Å². The lowest BCUT2D eigenvalue weighted by atomic mass is 9.62. The Bertz CT molecular complexity index is 336. The van der Waals surface area contributed by atoms with Crippen molar-refractivity contribution in [3.05, 3.63) is 0 Å². The molecule has 2 rings (SSSR count). The molecule has 2 fully saturated rings. The first kappa shape index (κ1) is 17.2. The number of aliphatic hydroxyl groups is 1. The smallest absolute Gasteiger partial charge is 0.0824 e. The summed E-state index contributed by atoms with van der Waals surface area (Å²) in [5.41, 5.74) is -0.315. The van der Waals surface area contributed by atoms with Gasteiger partial charge in [-0.2, -0.15) is 0 Å². The number of hydrogen-bond acceptors (Lipinski definition) is 3. The van der Waals surface area contributed by atoms with E-state index in [1.807, 2.05) is 7.11 Å². The minimum absolute atomic E-state index is 0.413. The van der Waals surface area contributed by atoms with Crippen LogP contribution in [0.4, 0.5) is 0 Å². The molecule has 3 nitrogen and oxygen atoms in total. The normalized spacial score (nSPS) is 38.3. The van der Waals surface area contributed by atoms with Crippen LogP contribution in [0, 0.1) is 23.2 Å². The van der Waals surface area contributed by atoms with Crippen LogP contribution in [0.3, 0.4) is 0 Å². The molecule has 21 heavy (non-hydrogen) atoms. The van der Waals surface area contributed by atoms with Gasteiger partial charge in [-0.15, -0.1) is 0 Å². The average molecular weight is 298 g/mol. The van der Waals surface area contributed by atoms with E-state index >= 15 is 0 Å². The Morgan fingerprint density at radius 3 is 2.62 bits per heavy atom. The first-order chi connectivity index (χ1) is 9.78. The van der Waals surface area contributed by atoms with Crippen LogP contribution in [0.2, 0.25) is 0 Å². The molecule has 0 radical (unpaired) electrons. The van der Waals surface area contributed by atoms with Gasteiger partial charge in [0, 0.05) is 13.7 Å². The van der Waals surface area contributed by atoms with Crippen LogP contribution in [-0.2, 0) is 9.47 Å². The lowest BCUT2D eigenvalue weighted by Gasteiger charge is -2.46. The van der Waals surface area contributed by atoms with Crippen LogP contribution < -0.4 is 0 Å². The van der Waals surface area contributed by atoms with Gasteiger partial charge in [-0.3, -0.25) is 0 Å². The fourth-order valence-electron chi connectivity index (χ4n) is 4.99. The predicted octanol–water partition coefficient (Wildman–Crippen LogP) is 3.64. The molecule has 0 aliphatic heterocycles. The quantitative estimate of drug-likeness (QED) is 0.813. The first-order valence-corrected chi connectivity index (χ1v) is 8.61. The Morgan fingerprint density at radius 2 is 2.00 bits per heavy atom. The van der Waals surface area contributed by atoms with Crippen LogP contribution in [0.15, 0.2) is 0 Å². The molecule has 0 heterocycles. The van der Waals surface area contributed by atoms with Crippen molar-refractivity contribution >= 4 is 0 Å². The first-order valence-electron chi connectivity index (χ1n) is 8.61. The Morgan fingerprint density at radius 1 is 1.29 bits per heavy atom. The Labute approximate surface area is 130 Å². The summed E-state index contributed by atoms with van der Waals surface area (Å²) in [5.74, 6) is 2.00. The summed E-state index contributed by atoms with van der Waals surface area (Å²) in [5, 5.41) is 9.76. The molecule has 2 aliphatic carbocycles. The standard InChI is InChI=1S/C18H34O3/c1-13(11-21-12-17(2,3)19)14-8-9-15-16(20-5)7-6-10-18(14,15)4/h13-16,19H,6-12H2,1-5H3/t13?,14-,15?,16?,18-/m1/s1. The van der Waals surface area contributed by atoms with E-state index < -0.39 is 5.60 Å². The topological polar surface area (TPSA) is 38.7 Å². The monoisotopic (exact) mass is 298 g/mol. The van der Waals surface area contributed by atoms with Crippen LogP contribution in [0.1, 0.15) is 59.8 Å². The third kappa shape index (κ3) is 3.80. The van der Waals surface area contributed by atoms with Crippen LogP contribution >= 0.6 is 0 Å². The molecule has 0 aromatic carbocycles. The maximum absolute atomic E-state index is 9.76. The number of methoxy groups -OCH3 is 1. The molecule has 5 atom stereocenters. The molecule has 3 heteroatoms. The van der Waals surface area contributed by atoms with Crippen molar-refractivity contribution in [1.29, 1.82) is 0 Å². The highest BCUT2D eigenvalue weighted by atomic mass is 16.5. The van der Waals surface area contributed by atoms with Gasteiger partial charge in [0.1, 0.15) is 0 Å². The van der Waals surface area contributed by atoms with Crippen molar-refractivity contribution in [3.63, 3.8) is 0 Å². The van der Waals surface area contributed by atoms with Crippen molar-refractivity contribution in [3.8, 4) is 0 Å². The zero-order valence-electron chi connectivity index (χ0n) is 14.5. The van der Waals surface area contributed by atoms with E-state index in [1.54, 1.807) is 13.8 Å². The Hall–Kier alpha value is -0.120. The molecule has 2 aliphatic rings. The van der Waals surface area contributed by atoms with Gasteiger partial charge in [-0.25, -0.2) is 0 Å². The Balaban J connectivity index is 1.94. The second-order valence-corrected chi connectivity index (χ2v) is 8.27. The maximum Gasteiger partial charge on any atom is 0.0824 e. The molecule has 2 saturated carbocycles. The zero-order valence-corrected chi connectivity index (χ0v) is 14.5. The lowest BCUT2D eigenvalue weighted by molar-refractivity contribution is -0.0673. The summed E-state index contributed by atoms with van der Waals surface area (Å²) in [4.78, 5) is 0. The van der Waals surface area contributed by atoms with Crippen molar-refractivity contribution in [2.24, 2.45) is 23.2 Å². The molecule has 1 N–H and O–H groups in total. The van der Waals surface area contributed by atoms with Crippen LogP contribution in [-0.4, -0.2) is 37.1 Å². The minimum Gasteiger partial charge on any atom is -0.388 e. The van der Waals surface area contributed by atoms with Crippen molar-refractivity contribution in [2.75, 3.05) is 20.3 Å². The van der Waals surface area contributed by atoms with E-state index in [0.29, 0.717) is 24.0 Å². The second kappa shape index (κ2) is 6.55. The van der Waals surface area contributed by atoms with Gasteiger partial charge >= 0.3 is 0 Å². The average Bonchev–Trinajstić information content (AvgIpc) is 2.73. The SMILES string of the molecule is COC1CCC[C@@]2(C)C1CC[C@@H]2C(C)COCC(C)(C)O. The highest BCUT2D eigenvalue weighted by Crippen LogP contribution is 2.58. The molecule has 3 unspecified atom stereocenters. The van der Waals surface area contributed by atoms with E-state index in [0.717, 1.165) is 18.4 Å². The van der Waals surface area contributed by atoms with E-state index in [2.05, 4.69) is 13.8 Å². The van der Waals surface area contributed by atoms with E-state index in [-0.39, 0.29) is 0 Å². The zero-order chi connectivity index (χ0) is 15.7. The number of hydrogen-bond donors (Lipinski definition) is 1. The van der Waals surface area contributed by atoms with Gasteiger partial charge < -0.3 is 14.6 Å². The maximum atomic E-state index is 9.76. The molecule has 124 valence electrons. The second-order valence-electron chi connectivity index (χ2n) is 8.27. The summed E-state index contributed by atoms with van der Waals surface area (Å²) in [6.45, 7) is 9.58. The van der Waals surface area contributed by atoms with Crippen molar-refractivity contribution in [1.82, 2.24) is 0 Å². The minimum atomic E-state index is -0.728. The van der Waals surface area contributed by atoms with Gasteiger partial charge in [-0.05, 0) is 62.7 Å². The third-order valence-electron chi connectivity index (χ3n) is 5.96. The molecule has 0 bridgehead atoms. The molecular formula is C18H34O3. The van der Waals surface area contributed by atoms with Gasteiger partial charge in [0.15, 0.2) is 0 Å². The fourth-order valence-corrected chi connectivity index (χ4v) is 4.99. The number of fused-ring (bicyclic) bond motifs is 1. The highest BCUT2D eigenvalue weighted by Gasteiger charge is 2.52. The van der Waals surface area contributed by atoms with Crippen LogP contribution in [0.25, 0.3) is 0 Å². The molecule has 0 saturated heterocycles. The van der Waals surface area contributed by atoms with Gasteiger partial charge in [0.25, 0.3) is 0 Å². The van der Waals surface area contributed by atoms with Crippen molar-refractivity contribution < 1.29 is 14.6 Å². The number of ether oxygens (including phenoxy) is 2. The summed E-state index contributed by atoms with van der Waals surface area (Å²) in [7, 11) is 1.87. The Kier molecular flexibility index (Phi) is 5.38. The number of rotatable bonds is 6. The summed E-state index contributed by atoms with van der Waals surface area (Å²) >= 11 is 0. The molecule has 0 amide bonds. The molecule has 0 aromatic rings. The van der Waals surface area contributed by atoms with Crippen molar-refractivity contribution in [2.45, 2.75) is 71.5 Å². The summed E-state index contributed by atoms with van der Waals surface area (Å²) in [6.07, 6.45) is 6.91. The van der Waals surface area contributed by atoms with Gasteiger partial charge in [0.05, 0.1) is 18.3 Å². The van der Waals surface area contributed by atoms with E-state index in [9.17, 15) is 5.11 Å². The van der Waals surface area contributed by atoms with E-state index in [4.69, 9.17) is 9.47 Å². The molecule has 0 aromatic heterocycles. The third-order valence-corrected chi connectivity index (χ3v) is 5.96. The van der Waals surface area contributed by atoms with E-state index in [1.165, 1.54) is 32.1 Å². The molecular weight excluding hydrogens is 264 g/mol. The van der Waals surface area contributed by atoms with Gasteiger partial charge in [-0.1, -0.05) is 20.3 Å². The fraction of sp³-hybridized carbons (Fsp3) is 1.00. The molecule has 0 spiro atoms.